The second kappa shape index (κ2) is 45.9. The van der Waals surface area contributed by atoms with Crippen LogP contribution in [0.1, 0.15) is 75.4 Å². The van der Waals surface area contributed by atoms with Crippen LogP contribution in [0, 0.1) is 77.6 Å². The quantitative estimate of drug-likeness (QED) is 0.0408. The zero-order valence-electron chi connectivity index (χ0n) is 75.3. The molecule has 18 aromatic rings. The topological polar surface area (TPSA) is 266 Å². The Labute approximate surface area is 776 Å². The molecule has 0 amide bonds. The highest BCUT2D eigenvalue weighted by Crippen LogP contribution is 2.35. The van der Waals surface area contributed by atoms with Crippen LogP contribution in [0.2, 0.25) is 0 Å². The summed E-state index contributed by atoms with van der Waals surface area (Å²) in [6, 6.07) is 91.3. The van der Waals surface area contributed by atoms with E-state index in [1.54, 1.807) is 128 Å². The Kier molecular flexibility index (Phi) is 32.5. The lowest BCUT2D eigenvalue weighted by Gasteiger charge is -2.12. The van der Waals surface area contributed by atoms with E-state index in [4.69, 9.17) is 46.6 Å². The summed E-state index contributed by atoms with van der Waals surface area (Å²) in [6.07, 6.45) is 12.7. The summed E-state index contributed by atoms with van der Waals surface area (Å²) in [4.78, 5) is 38.8. The number of nitrogens with two attached hydrogens (primary N) is 4. The summed E-state index contributed by atoms with van der Waals surface area (Å²) in [5.74, 6) is 4.47. The molecule has 9 aromatic carbocycles. The fraction of sp³-hybridized carbons (Fsp3) is 0.108. The smallest absolute Gasteiger partial charge is 0.219 e. The summed E-state index contributed by atoms with van der Waals surface area (Å²) >= 11 is 0. The van der Waals surface area contributed by atoms with Crippen LogP contribution in [0.15, 0.2) is 347 Å². The summed E-state index contributed by atoms with van der Waals surface area (Å²) in [6.45, 7) is 18.0. The van der Waals surface area contributed by atoms with E-state index >= 15 is 0 Å². The minimum Gasteiger partial charge on any atom is -0.439 e. The van der Waals surface area contributed by atoms with Gasteiger partial charge < -0.3 is 46.6 Å². The van der Waals surface area contributed by atoms with Crippen molar-refractivity contribution in [1.82, 2.24) is 44.9 Å². The van der Waals surface area contributed by atoms with Gasteiger partial charge in [-0.1, -0.05) is 98.8 Å². The second-order valence-corrected chi connectivity index (χ2v) is 31.0. The van der Waals surface area contributed by atoms with Crippen molar-refractivity contribution in [2.24, 2.45) is 0 Å². The van der Waals surface area contributed by atoms with Gasteiger partial charge in [0, 0.05) is 70.2 Å². The zero-order chi connectivity index (χ0) is 94.6. The monoisotopic (exact) mass is 1790 g/mol. The first-order chi connectivity index (χ1) is 64.8. The number of pyridine rings is 9. The molecule has 134 heavy (non-hydrogen) atoms. The van der Waals surface area contributed by atoms with Gasteiger partial charge in [-0.25, -0.2) is 46.9 Å². The van der Waals surface area contributed by atoms with Crippen LogP contribution in [0.4, 0.5) is 44.7 Å². The summed E-state index contributed by atoms with van der Waals surface area (Å²) in [5, 5.41) is 0. The molecule has 0 atom stereocenters. The largest absolute Gasteiger partial charge is 0.439 e. The highest BCUT2D eigenvalue weighted by molar-refractivity contribution is 5.72. The van der Waals surface area contributed by atoms with Crippen LogP contribution < -0.4 is 46.6 Å². The molecule has 8 N–H and O–H groups in total. The highest BCUT2D eigenvalue weighted by atomic mass is 19.1. The van der Waals surface area contributed by atoms with E-state index in [-0.39, 0.29) is 29.1 Å². The number of ether oxygens (including phenoxy) is 5. The molecule has 672 valence electrons. The molecular weight excluding hydrogens is 1690 g/mol. The molecule has 0 saturated carbocycles. The lowest BCUT2D eigenvalue weighted by atomic mass is 9.97. The predicted octanol–water partition coefficient (Wildman–Crippen LogP) is 27.5. The van der Waals surface area contributed by atoms with Gasteiger partial charge in [0.05, 0.1) is 82.2 Å². The number of aromatic nitrogens is 9. The van der Waals surface area contributed by atoms with Crippen molar-refractivity contribution in [3.63, 3.8) is 0 Å². The molecule has 0 aliphatic carbocycles. The first-order valence-corrected chi connectivity index (χ1v) is 43.0. The predicted molar refractivity (Wildman–Crippen MR) is 523 cm³/mol. The van der Waals surface area contributed by atoms with Crippen LogP contribution in [0.5, 0.6) is 58.1 Å². The third-order valence-electron chi connectivity index (χ3n) is 21.2. The molecule has 18 rings (SSSR count). The molecule has 0 fully saturated rings. The van der Waals surface area contributed by atoms with Gasteiger partial charge in [-0.15, -0.1) is 0 Å². The van der Waals surface area contributed by atoms with Gasteiger partial charge in [-0.3, -0.25) is 19.9 Å². The number of hydrogen-bond acceptors (Lipinski definition) is 18. The molecule has 18 nitrogen and oxygen atoms in total. The van der Waals surface area contributed by atoms with Gasteiger partial charge in [0.2, 0.25) is 29.4 Å². The lowest BCUT2D eigenvalue weighted by molar-refractivity contribution is 0.459. The van der Waals surface area contributed by atoms with Crippen molar-refractivity contribution in [2.45, 2.75) is 81.6 Å². The summed E-state index contributed by atoms with van der Waals surface area (Å²) < 4.78 is 93.2. The maximum absolute atomic E-state index is 12.9. The zero-order valence-corrected chi connectivity index (χ0v) is 75.3. The summed E-state index contributed by atoms with van der Waals surface area (Å²) in [5.41, 5.74) is 48.5. The normalized spacial score (nSPS) is 10.5. The molecule has 0 saturated heterocycles. The third kappa shape index (κ3) is 27.4. The van der Waals surface area contributed by atoms with E-state index in [9.17, 15) is 22.0 Å². The van der Waals surface area contributed by atoms with Gasteiger partial charge in [0.15, 0.2) is 0 Å². The van der Waals surface area contributed by atoms with Gasteiger partial charge in [0.1, 0.15) is 57.8 Å². The average Bonchev–Trinajstić information content (AvgIpc) is 0.812. The van der Waals surface area contributed by atoms with Crippen LogP contribution in [0.25, 0.3) is 67.3 Å². The Balaban J connectivity index is 0.000000136. The molecule has 0 radical (unpaired) electrons. The number of anilines is 4. The number of nitrogen functional groups attached to an aromatic ring is 4. The van der Waals surface area contributed by atoms with E-state index in [0.717, 1.165) is 109 Å². The molecule has 0 bridgehead atoms. The van der Waals surface area contributed by atoms with Crippen molar-refractivity contribution >= 4 is 22.7 Å². The maximum Gasteiger partial charge on any atom is 0.219 e. The Hall–Kier alpha value is -16.8. The minimum atomic E-state index is -0.270. The first kappa shape index (κ1) is 94.8. The standard InChI is InChI=1S/C20H20N2O.2C19H17FN2O.C19H16FN.2C17H14FN3O/c1-13-6-4-5-7-17(13)18-9-8-16(12-14(18)2)23-20-11-10-19(21)15(3)22-20;1-3-14-6-11-19(22-13(14)2)23-17-9-10-18(21-12-17)15-4-7-16(20)8-5-15;1-3-14-11-22-19(10-13(14)2)23-17-8-9-18(21-12-17)15-4-6-16(20)7-5-15;20-18-9-7-17(8-10-18)16-5-1-14(2-6-16)13-15-3-11-19(21)12-4-15;1-11-15(19)7-9-17(21-11)22-14-6-8-16(20-10-14)12-2-4-13(18)5-3-12;1-11-8-17(21-10-15(11)19)22-14-6-7-16(20-9-14)12-2-4-13(18)5-3-12/h4-12H,21H2,1-3H3;2*4-12H,3H2,1-2H3;1-12H,13,21H2;2*2-10H,19H2,1H3. The van der Waals surface area contributed by atoms with E-state index in [1.165, 1.54) is 105 Å². The highest BCUT2D eigenvalue weighted by Gasteiger charge is 2.14. The third-order valence-corrected chi connectivity index (χ3v) is 21.2. The molecule has 0 aliphatic heterocycles. The minimum absolute atomic E-state index is 0.210. The lowest BCUT2D eigenvalue weighted by Crippen LogP contribution is -1.95. The van der Waals surface area contributed by atoms with Crippen molar-refractivity contribution < 1.29 is 45.6 Å². The number of benzene rings is 9. The molecule has 0 unspecified atom stereocenters. The van der Waals surface area contributed by atoms with Crippen LogP contribution in [-0.4, -0.2) is 44.9 Å². The molecule has 9 heterocycles. The fourth-order valence-electron chi connectivity index (χ4n) is 13.5. The van der Waals surface area contributed by atoms with Gasteiger partial charge in [-0.2, -0.15) is 0 Å². The first-order valence-electron chi connectivity index (χ1n) is 43.0. The van der Waals surface area contributed by atoms with Crippen LogP contribution in [-0.2, 0) is 19.3 Å². The number of hydrogen-bond donors (Lipinski definition) is 4. The van der Waals surface area contributed by atoms with E-state index in [0.29, 0.717) is 75.2 Å². The van der Waals surface area contributed by atoms with Gasteiger partial charge in [0.25, 0.3) is 0 Å². The van der Waals surface area contributed by atoms with Crippen molar-refractivity contribution in [3.05, 3.63) is 437 Å². The Morgan fingerprint density at radius 3 is 0.940 bits per heavy atom. The fourth-order valence-corrected chi connectivity index (χ4v) is 13.5. The Morgan fingerprint density at radius 2 is 0.582 bits per heavy atom. The molecule has 9 aromatic heterocycles. The van der Waals surface area contributed by atoms with Crippen molar-refractivity contribution in [1.29, 1.82) is 0 Å². The van der Waals surface area contributed by atoms with Crippen LogP contribution >= 0.6 is 0 Å². The molecule has 0 spiro atoms. The van der Waals surface area contributed by atoms with Crippen molar-refractivity contribution in [3.8, 4) is 125 Å². The SMILES string of the molecule is CCc1ccc(Oc2ccc(-c3ccc(F)cc3)nc2)nc1C.CCc1cnc(Oc2ccc(-c3ccc(F)cc3)nc2)cc1C.Cc1cc(Oc2ccc(-c3ccc(F)cc3)nc2)ncc1N.Cc1ccccc1-c1ccc(Oc2ccc(N)c(C)n2)cc1C.Cc1nc(Oc2ccc(-c3ccc(F)cc3)nc2)ccc1N.Nc1ccc(Cc2ccc(-c3ccc(F)cc3)cc2)cc1. The maximum atomic E-state index is 12.9. The number of rotatable bonds is 20. The second-order valence-electron chi connectivity index (χ2n) is 31.0. The van der Waals surface area contributed by atoms with E-state index < -0.39 is 0 Å². The number of halogens is 5. The number of nitrogens with zero attached hydrogens (tertiary/aromatic N) is 9. The molecular formula is C111H98F5N13O5. The van der Waals surface area contributed by atoms with Crippen molar-refractivity contribution in [2.75, 3.05) is 22.9 Å². The molecule has 0 aliphatic rings. The average molecular weight is 1790 g/mol. The van der Waals surface area contributed by atoms with E-state index in [2.05, 4.69) is 127 Å². The van der Waals surface area contributed by atoms with E-state index in [1.807, 2.05) is 138 Å². The summed E-state index contributed by atoms with van der Waals surface area (Å²) in [7, 11) is 0. The van der Waals surface area contributed by atoms with Crippen LogP contribution in [0.3, 0.4) is 0 Å². The Bertz CT molecular complexity index is 6620. The van der Waals surface area contributed by atoms with Gasteiger partial charge in [-0.05, 0) is 329 Å². The molecule has 23 heteroatoms. The van der Waals surface area contributed by atoms with Gasteiger partial charge >= 0.3 is 0 Å². The Morgan fingerprint density at radius 1 is 0.246 bits per heavy atom. The number of aryl methyl sites for hydroxylation is 9.